The molecule has 0 fully saturated rings. The molecule has 8 nitrogen and oxygen atoms in total. The topological polar surface area (TPSA) is 94.2 Å². The number of nitrogens with one attached hydrogen (secondary N) is 1. The third kappa shape index (κ3) is 4.96. The first-order valence-electron chi connectivity index (χ1n) is 11.1. The molecule has 1 N–H and O–H groups in total. The Balaban J connectivity index is 1.57. The first-order valence-corrected chi connectivity index (χ1v) is 12.6. The second-order valence-corrected chi connectivity index (χ2v) is 10.00. The van der Waals surface area contributed by atoms with Crippen molar-refractivity contribution in [2.75, 3.05) is 26.2 Å². The number of hydrogen-bond acceptors (Lipinski definition) is 6. The van der Waals surface area contributed by atoms with Gasteiger partial charge in [-0.15, -0.1) is 0 Å². The van der Waals surface area contributed by atoms with E-state index in [1.54, 1.807) is 48.4 Å². The molecule has 1 atom stereocenters. The lowest BCUT2D eigenvalue weighted by Gasteiger charge is -2.23. The fourth-order valence-corrected chi connectivity index (χ4v) is 5.40. The van der Waals surface area contributed by atoms with Crippen molar-refractivity contribution in [1.82, 2.24) is 4.72 Å². The number of amides is 1. The minimum atomic E-state index is -3.89. The second-order valence-electron chi connectivity index (χ2n) is 8.26. The van der Waals surface area contributed by atoms with Crippen LogP contribution in [0.15, 0.2) is 65.6 Å². The van der Waals surface area contributed by atoms with Gasteiger partial charge >= 0.3 is 0 Å². The van der Waals surface area contributed by atoms with Crippen LogP contribution in [-0.4, -0.2) is 41.7 Å². The zero-order valence-corrected chi connectivity index (χ0v) is 20.9. The van der Waals surface area contributed by atoms with Crippen molar-refractivity contribution in [2.24, 2.45) is 0 Å². The number of fused-ring (bicyclic) bond motifs is 1. The van der Waals surface area contributed by atoms with Crippen molar-refractivity contribution in [3.63, 3.8) is 0 Å². The molecule has 0 bridgehead atoms. The maximum Gasteiger partial charge on any atom is 0.258 e. The molecule has 35 heavy (non-hydrogen) atoms. The standard InChI is InChI=1S/C26H28N2O6S/c1-17-13-20-6-5-18(14-23(20)28(17)26(29)19-7-9-21(32-2)10-8-19)16-27-35(30,31)25-15-22(33-3)11-12-24(25)34-4/h5-12,14-15,17,27H,13,16H2,1-4H3. The van der Waals surface area contributed by atoms with Crippen molar-refractivity contribution in [3.8, 4) is 17.2 Å². The third-order valence-electron chi connectivity index (χ3n) is 6.05. The Morgan fingerprint density at radius 1 is 0.943 bits per heavy atom. The van der Waals surface area contributed by atoms with Gasteiger partial charge in [0.1, 0.15) is 22.1 Å². The van der Waals surface area contributed by atoms with Crippen LogP contribution in [0.4, 0.5) is 5.69 Å². The molecule has 1 aliphatic heterocycles. The Hall–Kier alpha value is -3.56. The highest BCUT2D eigenvalue weighted by atomic mass is 32.2. The first kappa shape index (κ1) is 24.6. The van der Waals surface area contributed by atoms with Crippen LogP contribution in [-0.2, 0) is 23.0 Å². The molecule has 1 aliphatic rings. The van der Waals surface area contributed by atoms with Crippen molar-refractivity contribution in [1.29, 1.82) is 0 Å². The minimum absolute atomic E-state index is 0.00885. The van der Waals surface area contributed by atoms with Crippen molar-refractivity contribution < 1.29 is 27.4 Å². The summed E-state index contributed by atoms with van der Waals surface area (Å²) in [5, 5.41) is 0. The molecule has 1 unspecified atom stereocenters. The first-order chi connectivity index (χ1) is 16.8. The van der Waals surface area contributed by atoms with Gasteiger partial charge in [0.15, 0.2) is 0 Å². The molecule has 0 aromatic heterocycles. The second kappa shape index (κ2) is 9.97. The van der Waals surface area contributed by atoms with Gasteiger partial charge in [-0.25, -0.2) is 13.1 Å². The van der Waals surface area contributed by atoms with E-state index in [4.69, 9.17) is 14.2 Å². The molecule has 3 aromatic carbocycles. The number of carbonyl (C=O) groups is 1. The fraction of sp³-hybridized carbons (Fsp3) is 0.269. The summed E-state index contributed by atoms with van der Waals surface area (Å²) in [6.07, 6.45) is 0.726. The van der Waals surface area contributed by atoms with Crippen molar-refractivity contribution >= 4 is 21.6 Å². The Labute approximate surface area is 205 Å². The van der Waals surface area contributed by atoms with Gasteiger partial charge in [0.25, 0.3) is 5.91 Å². The Morgan fingerprint density at radius 3 is 2.29 bits per heavy atom. The molecule has 3 aromatic rings. The zero-order chi connectivity index (χ0) is 25.2. The molecule has 9 heteroatoms. The van der Waals surface area contributed by atoms with Crippen LogP contribution in [0, 0.1) is 0 Å². The van der Waals surface area contributed by atoms with Crippen LogP contribution in [0.5, 0.6) is 17.2 Å². The number of sulfonamides is 1. The molecule has 0 spiro atoms. The number of benzene rings is 3. The molecule has 0 radical (unpaired) electrons. The fourth-order valence-electron chi connectivity index (χ4n) is 4.20. The van der Waals surface area contributed by atoms with Crippen LogP contribution in [0.1, 0.15) is 28.4 Å². The summed E-state index contributed by atoms with van der Waals surface area (Å²) in [7, 11) is 0.576. The SMILES string of the molecule is COc1ccc(C(=O)N2c3cc(CNS(=O)(=O)c4cc(OC)ccc4OC)ccc3CC2C)cc1. The van der Waals surface area contributed by atoms with E-state index in [-0.39, 0.29) is 29.1 Å². The van der Waals surface area contributed by atoms with Crippen LogP contribution >= 0.6 is 0 Å². The number of ether oxygens (including phenoxy) is 3. The summed E-state index contributed by atoms with van der Waals surface area (Å²) in [5.41, 5.74) is 3.12. The quantitative estimate of drug-likeness (QED) is 0.510. The number of methoxy groups -OCH3 is 3. The molecular weight excluding hydrogens is 468 g/mol. The summed E-state index contributed by atoms with van der Waals surface area (Å²) in [5.74, 6) is 1.19. The van der Waals surface area contributed by atoms with E-state index in [2.05, 4.69) is 4.72 Å². The van der Waals surface area contributed by atoms with E-state index in [1.807, 2.05) is 25.1 Å². The Kier molecular flexibility index (Phi) is 7.00. The lowest BCUT2D eigenvalue weighted by atomic mass is 10.1. The van der Waals surface area contributed by atoms with Gasteiger partial charge in [-0.2, -0.15) is 0 Å². The lowest BCUT2D eigenvalue weighted by Crippen LogP contribution is -2.35. The molecule has 0 saturated carbocycles. The molecule has 1 heterocycles. The van der Waals surface area contributed by atoms with Gasteiger partial charge in [0.05, 0.1) is 21.3 Å². The van der Waals surface area contributed by atoms with E-state index in [0.29, 0.717) is 17.1 Å². The normalized spacial score (nSPS) is 15.0. The highest BCUT2D eigenvalue weighted by Gasteiger charge is 2.32. The van der Waals surface area contributed by atoms with Crippen LogP contribution in [0.2, 0.25) is 0 Å². The van der Waals surface area contributed by atoms with Crippen LogP contribution < -0.4 is 23.8 Å². The molecular formula is C26H28N2O6S. The summed E-state index contributed by atoms with van der Waals surface area (Å²) < 4.78 is 44.3. The highest BCUT2D eigenvalue weighted by Crippen LogP contribution is 2.35. The molecule has 184 valence electrons. The average molecular weight is 497 g/mol. The predicted octanol–water partition coefficient (Wildman–Crippen LogP) is 3.78. The Morgan fingerprint density at radius 2 is 1.63 bits per heavy atom. The molecule has 1 amide bonds. The zero-order valence-electron chi connectivity index (χ0n) is 20.1. The van der Waals surface area contributed by atoms with E-state index in [0.717, 1.165) is 23.2 Å². The lowest BCUT2D eigenvalue weighted by molar-refractivity contribution is 0.0981. The van der Waals surface area contributed by atoms with Gasteiger partial charge in [-0.1, -0.05) is 12.1 Å². The van der Waals surface area contributed by atoms with Gasteiger partial charge in [0, 0.05) is 29.9 Å². The van der Waals surface area contributed by atoms with Crippen LogP contribution in [0.25, 0.3) is 0 Å². The van der Waals surface area contributed by atoms with E-state index in [9.17, 15) is 13.2 Å². The van der Waals surface area contributed by atoms with Gasteiger partial charge in [0.2, 0.25) is 10.0 Å². The highest BCUT2D eigenvalue weighted by molar-refractivity contribution is 7.89. The number of rotatable bonds is 8. The third-order valence-corrected chi connectivity index (χ3v) is 7.47. The van der Waals surface area contributed by atoms with Crippen molar-refractivity contribution in [3.05, 3.63) is 77.4 Å². The van der Waals surface area contributed by atoms with Gasteiger partial charge in [-0.3, -0.25) is 4.79 Å². The maximum atomic E-state index is 13.3. The van der Waals surface area contributed by atoms with E-state index >= 15 is 0 Å². The minimum Gasteiger partial charge on any atom is -0.497 e. The van der Waals surface area contributed by atoms with Gasteiger partial charge in [-0.05, 0) is 66.9 Å². The monoisotopic (exact) mass is 496 g/mol. The van der Waals surface area contributed by atoms with E-state index in [1.165, 1.54) is 20.3 Å². The number of nitrogens with zero attached hydrogens (tertiary/aromatic N) is 1. The summed E-state index contributed by atoms with van der Waals surface area (Å²) in [4.78, 5) is 15.1. The van der Waals surface area contributed by atoms with Crippen molar-refractivity contribution in [2.45, 2.75) is 30.8 Å². The number of carbonyl (C=O) groups excluding carboxylic acids is 1. The van der Waals surface area contributed by atoms with E-state index < -0.39 is 10.0 Å². The molecule has 0 saturated heterocycles. The number of hydrogen-bond donors (Lipinski definition) is 1. The summed E-state index contributed by atoms with van der Waals surface area (Å²) in [6, 6.07) is 17.3. The smallest absolute Gasteiger partial charge is 0.258 e. The summed E-state index contributed by atoms with van der Waals surface area (Å²) >= 11 is 0. The van der Waals surface area contributed by atoms with Crippen LogP contribution in [0.3, 0.4) is 0 Å². The molecule has 0 aliphatic carbocycles. The molecule has 4 rings (SSSR count). The average Bonchev–Trinajstić information content (AvgIpc) is 3.21. The maximum absolute atomic E-state index is 13.3. The predicted molar refractivity (Wildman–Crippen MR) is 133 cm³/mol. The number of anilines is 1. The Bertz CT molecular complexity index is 1340. The largest absolute Gasteiger partial charge is 0.497 e. The summed E-state index contributed by atoms with van der Waals surface area (Å²) in [6.45, 7) is 2.05. The van der Waals surface area contributed by atoms with Gasteiger partial charge < -0.3 is 19.1 Å².